The van der Waals surface area contributed by atoms with Crippen LogP contribution in [0.3, 0.4) is 0 Å². The Hall–Kier alpha value is -5.19. The second kappa shape index (κ2) is 19.1. The number of carbonyl (C=O) groups excluding carboxylic acids is 7. The van der Waals surface area contributed by atoms with Gasteiger partial charge in [-0.3, -0.25) is 64.6 Å². The lowest BCUT2D eigenvalue weighted by Crippen LogP contribution is -2.44. The fraction of sp³-hybridized carbons (Fsp3) is 0.409. The molecule has 1 aromatic heterocycles. The van der Waals surface area contributed by atoms with Crippen molar-refractivity contribution in [2.24, 2.45) is 5.10 Å². The first-order valence-electron chi connectivity index (χ1n) is 12.4. The number of rotatable bonds is 15. The zero-order chi connectivity index (χ0) is 33.2. The predicted molar refractivity (Wildman–Crippen MR) is 147 cm³/mol. The Morgan fingerprint density at radius 2 is 1.27 bits per heavy atom. The molecule has 0 fully saturated rings. The number of hydroxylamine groups is 6. The molecular formula is C22H31N11O10S. The van der Waals surface area contributed by atoms with Gasteiger partial charge in [0.15, 0.2) is 5.11 Å². The summed E-state index contributed by atoms with van der Waals surface area (Å²) in [5, 5.41) is 41.0. The van der Waals surface area contributed by atoms with Gasteiger partial charge in [0.05, 0.1) is 11.9 Å². The molecule has 21 nitrogen and oxygen atoms in total. The minimum absolute atomic E-state index is 0.0196. The van der Waals surface area contributed by atoms with E-state index in [4.69, 9.17) is 17.4 Å². The van der Waals surface area contributed by atoms with E-state index >= 15 is 0 Å². The Kier molecular flexibility index (Phi) is 16.0. The molecule has 8 N–H and O–H groups in total. The predicted octanol–water partition coefficient (Wildman–Crippen LogP) is -3.35. The maximum absolute atomic E-state index is 12.0. The quantitative estimate of drug-likeness (QED) is 0.0232. The standard InChI is InChI=1S/C22H31N11O10S/c1-13(15-9-23-5-6-24-15)29-30-22(44)28-17(36)4-3-16(35)25-11-32(42)20(39)8-19(38)27-12-33(43)21(40)7-18(37)26-10-31(41)14(2)34/h5-6,9,41-43H,3-4,7-8,10-12H2,1-2H3,(H,25,35)(H,26,37)(H,27,38)(H2,28,30,36,44)/b29-13+. The van der Waals surface area contributed by atoms with Crippen LogP contribution in [0, 0.1) is 0 Å². The molecule has 0 spiro atoms. The van der Waals surface area contributed by atoms with Crippen molar-refractivity contribution in [2.75, 3.05) is 20.0 Å². The number of amides is 7. The molecule has 0 aromatic carbocycles. The van der Waals surface area contributed by atoms with Gasteiger partial charge in [-0.25, -0.2) is 15.2 Å². The van der Waals surface area contributed by atoms with E-state index in [2.05, 4.69) is 31.1 Å². The van der Waals surface area contributed by atoms with Gasteiger partial charge in [-0.2, -0.15) is 5.10 Å². The molecule has 0 unspecified atom stereocenters. The zero-order valence-electron chi connectivity index (χ0n) is 23.5. The normalized spacial score (nSPS) is 10.5. The summed E-state index contributed by atoms with van der Waals surface area (Å²) < 4.78 is 0. The number of nitrogens with one attached hydrogen (secondary N) is 5. The van der Waals surface area contributed by atoms with Crippen LogP contribution < -0.4 is 26.7 Å². The zero-order valence-corrected chi connectivity index (χ0v) is 24.3. The highest BCUT2D eigenvalue weighted by molar-refractivity contribution is 7.80. The molecule has 1 heterocycles. The second-order valence-corrected chi connectivity index (χ2v) is 8.82. The van der Waals surface area contributed by atoms with E-state index in [-0.39, 0.29) is 33.1 Å². The summed E-state index contributed by atoms with van der Waals surface area (Å²) in [4.78, 5) is 90.0. The van der Waals surface area contributed by atoms with Crippen LogP contribution in [-0.4, -0.2) is 113 Å². The first-order chi connectivity index (χ1) is 20.7. The lowest BCUT2D eigenvalue weighted by atomic mass is 10.3. The SMILES string of the molecule is CC(=O)N(O)CNC(=O)CC(=O)N(O)CNC(=O)CC(=O)N(O)CNC(=O)CCC(=O)NC(=S)N/N=C(\C)c1cnccn1. The summed E-state index contributed by atoms with van der Waals surface area (Å²) in [5.74, 6) is -6.44. The summed E-state index contributed by atoms with van der Waals surface area (Å²) in [6, 6.07) is 0. The molecule has 1 rings (SSSR count). The van der Waals surface area contributed by atoms with Gasteiger partial charge in [0, 0.05) is 32.2 Å². The lowest BCUT2D eigenvalue weighted by molar-refractivity contribution is -0.171. The topological polar surface area (TPSA) is 288 Å². The van der Waals surface area contributed by atoms with Crippen molar-refractivity contribution in [3.8, 4) is 0 Å². The molecule has 22 heteroatoms. The van der Waals surface area contributed by atoms with Crippen LogP contribution in [-0.2, 0) is 33.6 Å². The molecule has 0 bridgehead atoms. The van der Waals surface area contributed by atoms with Crippen LogP contribution in [0.15, 0.2) is 23.7 Å². The highest BCUT2D eigenvalue weighted by Gasteiger charge is 2.20. The van der Waals surface area contributed by atoms with Crippen LogP contribution in [0.1, 0.15) is 45.2 Å². The highest BCUT2D eigenvalue weighted by Crippen LogP contribution is 1.95. The number of thiocarbonyl (C=S) groups is 1. The Balaban J connectivity index is 2.28. The number of hydrogen-bond acceptors (Lipinski definition) is 14. The van der Waals surface area contributed by atoms with E-state index in [0.717, 1.165) is 6.92 Å². The Bertz CT molecular complexity index is 1260. The molecule has 0 saturated heterocycles. The number of nitrogens with zero attached hydrogens (tertiary/aromatic N) is 6. The van der Waals surface area contributed by atoms with Gasteiger partial charge in [0.2, 0.25) is 29.5 Å². The van der Waals surface area contributed by atoms with E-state index < -0.39 is 74.2 Å². The third kappa shape index (κ3) is 15.2. The fourth-order valence-electron chi connectivity index (χ4n) is 2.57. The van der Waals surface area contributed by atoms with Crippen LogP contribution in [0.2, 0.25) is 0 Å². The first-order valence-corrected chi connectivity index (χ1v) is 12.8. The van der Waals surface area contributed by atoms with Crippen LogP contribution in [0.4, 0.5) is 0 Å². The number of aromatic nitrogens is 2. The van der Waals surface area contributed by atoms with Crippen molar-refractivity contribution in [1.29, 1.82) is 0 Å². The van der Waals surface area contributed by atoms with Crippen molar-refractivity contribution in [2.45, 2.75) is 39.5 Å². The molecule has 0 aliphatic carbocycles. The first kappa shape index (κ1) is 36.8. The van der Waals surface area contributed by atoms with E-state index in [1.54, 1.807) is 6.92 Å². The molecule has 0 atom stereocenters. The van der Waals surface area contributed by atoms with Crippen molar-refractivity contribution >= 4 is 64.4 Å². The molecule has 44 heavy (non-hydrogen) atoms. The third-order valence-corrected chi connectivity index (χ3v) is 5.13. The number of hydrogen-bond donors (Lipinski definition) is 8. The van der Waals surface area contributed by atoms with Gasteiger partial charge in [0.25, 0.3) is 11.8 Å². The van der Waals surface area contributed by atoms with Crippen molar-refractivity contribution in [1.82, 2.24) is 51.9 Å². The minimum Gasteiger partial charge on any atom is -0.336 e. The van der Waals surface area contributed by atoms with Crippen LogP contribution >= 0.6 is 12.2 Å². The molecule has 1 aromatic rings. The summed E-state index contributed by atoms with van der Waals surface area (Å²) in [6.07, 6.45) is 1.95. The minimum atomic E-state index is -1.17. The molecule has 240 valence electrons. The molecule has 0 radical (unpaired) electrons. The highest BCUT2D eigenvalue weighted by atomic mass is 32.1. The van der Waals surface area contributed by atoms with Gasteiger partial charge in [-0.05, 0) is 19.1 Å². The third-order valence-electron chi connectivity index (χ3n) is 4.93. The maximum atomic E-state index is 12.0. The van der Waals surface area contributed by atoms with Gasteiger partial charge >= 0.3 is 0 Å². The van der Waals surface area contributed by atoms with Gasteiger partial charge in [0.1, 0.15) is 38.5 Å². The second-order valence-electron chi connectivity index (χ2n) is 8.41. The number of hydrazone groups is 1. The lowest BCUT2D eigenvalue weighted by Gasteiger charge is -2.18. The monoisotopic (exact) mass is 641 g/mol. The van der Waals surface area contributed by atoms with Crippen LogP contribution in [0.25, 0.3) is 0 Å². The van der Waals surface area contributed by atoms with Crippen molar-refractivity contribution < 1.29 is 49.2 Å². The van der Waals surface area contributed by atoms with E-state index in [9.17, 15) is 44.0 Å². The summed E-state index contributed by atoms with van der Waals surface area (Å²) >= 11 is 4.95. The van der Waals surface area contributed by atoms with Gasteiger partial charge < -0.3 is 21.3 Å². The smallest absolute Gasteiger partial charge is 0.257 e. The maximum Gasteiger partial charge on any atom is 0.257 e. The fourth-order valence-corrected chi connectivity index (χ4v) is 2.73. The molecule has 0 aliphatic heterocycles. The number of carbonyl (C=O) groups is 7. The Labute approximate surface area is 254 Å². The molecular weight excluding hydrogens is 610 g/mol. The summed E-state index contributed by atoms with van der Waals surface area (Å²) in [5.41, 5.74) is 3.38. The summed E-state index contributed by atoms with van der Waals surface area (Å²) in [6.45, 7) is 0.508. The Morgan fingerprint density at radius 3 is 1.77 bits per heavy atom. The Morgan fingerprint density at radius 1 is 0.773 bits per heavy atom. The van der Waals surface area contributed by atoms with E-state index in [1.807, 2.05) is 10.6 Å². The molecule has 0 aliphatic rings. The van der Waals surface area contributed by atoms with Gasteiger partial charge in [-0.1, -0.05) is 0 Å². The van der Waals surface area contributed by atoms with Crippen LogP contribution in [0.5, 0.6) is 0 Å². The van der Waals surface area contributed by atoms with Crippen molar-refractivity contribution in [3.63, 3.8) is 0 Å². The average Bonchev–Trinajstić information content (AvgIpc) is 2.99. The van der Waals surface area contributed by atoms with Crippen molar-refractivity contribution in [3.05, 3.63) is 24.3 Å². The summed E-state index contributed by atoms with van der Waals surface area (Å²) in [7, 11) is 0. The van der Waals surface area contributed by atoms with E-state index in [1.165, 1.54) is 18.6 Å². The van der Waals surface area contributed by atoms with E-state index in [0.29, 0.717) is 11.4 Å². The average molecular weight is 642 g/mol. The molecule has 7 amide bonds. The largest absolute Gasteiger partial charge is 0.336 e. The molecule has 0 saturated carbocycles. The van der Waals surface area contributed by atoms with Gasteiger partial charge in [-0.15, -0.1) is 0 Å².